The van der Waals surface area contributed by atoms with Crippen LogP contribution in [0.4, 0.5) is 0 Å². The van der Waals surface area contributed by atoms with Gasteiger partial charge in [-0.1, -0.05) is 41.4 Å². The van der Waals surface area contributed by atoms with Crippen molar-refractivity contribution in [2.75, 3.05) is 13.2 Å². The minimum Gasteiger partial charge on any atom is -0.489 e. The standard InChI is InChI=1S/C21H22ClNO3/c1-14-3-5-15(6-4-14)13-23(17-7-8-17)21(24)16-11-18(22)20-19(12-16)25-9-2-10-26-20/h3-6,11-12,17H,2,7-10,13H2,1H3. The average molecular weight is 372 g/mol. The fourth-order valence-electron chi connectivity index (χ4n) is 3.16. The molecule has 1 saturated carbocycles. The van der Waals surface area contributed by atoms with Crippen LogP contribution in [0.2, 0.25) is 5.02 Å². The molecule has 1 fully saturated rings. The number of hydrogen-bond acceptors (Lipinski definition) is 3. The number of fused-ring (bicyclic) bond motifs is 1. The highest BCUT2D eigenvalue weighted by Gasteiger charge is 2.33. The van der Waals surface area contributed by atoms with Gasteiger partial charge in [-0.2, -0.15) is 0 Å². The molecule has 1 amide bonds. The molecule has 1 heterocycles. The van der Waals surface area contributed by atoms with Crippen molar-refractivity contribution in [3.63, 3.8) is 0 Å². The molecule has 0 radical (unpaired) electrons. The maximum absolute atomic E-state index is 13.2. The van der Waals surface area contributed by atoms with Gasteiger partial charge in [0.05, 0.1) is 18.2 Å². The second-order valence-corrected chi connectivity index (χ2v) is 7.39. The predicted octanol–water partition coefficient (Wildman–Crippen LogP) is 4.61. The zero-order chi connectivity index (χ0) is 18.1. The Hall–Kier alpha value is -2.20. The molecule has 4 rings (SSSR count). The fraction of sp³-hybridized carbons (Fsp3) is 0.381. The van der Waals surface area contributed by atoms with Crippen molar-refractivity contribution in [3.8, 4) is 11.5 Å². The van der Waals surface area contributed by atoms with Crippen LogP contribution < -0.4 is 9.47 Å². The number of amides is 1. The fourth-order valence-corrected chi connectivity index (χ4v) is 3.43. The van der Waals surface area contributed by atoms with Gasteiger partial charge in [-0.05, 0) is 37.5 Å². The van der Waals surface area contributed by atoms with Gasteiger partial charge in [-0.25, -0.2) is 0 Å². The molecular weight excluding hydrogens is 350 g/mol. The van der Waals surface area contributed by atoms with Crippen LogP contribution in [0.1, 0.15) is 40.7 Å². The van der Waals surface area contributed by atoms with Gasteiger partial charge >= 0.3 is 0 Å². The minimum absolute atomic E-state index is 0.00868. The van der Waals surface area contributed by atoms with Crippen molar-refractivity contribution in [3.05, 3.63) is 58.1 Å². The number of aryl methyl sites for hydroxylation is 1. The van der Waals surface area contributed by atoms with Gasteiger partial charge in [-0.3, -0.25) is 4.79 Å². The lowest BCUT2D eigenvalue weighted by Crippen LogP contribution is -2.32. The summed E-state index contributed by atoms with van der Waals surface area (Å²) in [5, 5.41) is 0.429. The van der Waals surface area contributed by atoms with E-state index >= 15 is 0 Å². The first-order chi connectivity index (χ1) is 12.6. The monoisotopic (exact) mass is 371 g/mol. The van der Waals surface area contributed by atoms with E-state index in [1.807, 2.05) is 4.90 Å². The van der Waals surface area contributed by atoms with E-state index in [-0.39, 0.29) is 5.91 Å². The van der Waals surface area contributed by atoms with Crippen molar-refractivity contribution in [2.24, 2.45) is 0 Å². The van der Waals surface area contributed by atoms with Gasteiger partial charge in [0, 0.05) is 24.6 Å². The lowest BCUT2D eigenvalue weighted by molar-refractivity contribution is 0.0729. The number of hydrogen-bond donors (Lipinski definition) is 0. The van der Waals surface area contributed by atoms with E-state index in [1.54, 1.807) is 12.1 Å². The predicted molar refractivity (Wildman–Crippen MR) is 101 cm³/mol. The van der Waals surface area contributed by atoms with Crippen molar-refractivity contribution < 1.29 is 14.3 Å². The van der Waals surface area contributed by atoms with Crippen LogP contribution in [0.3, 0.4) is 0 Å². The van der Waals surface area contributed by atoms with Gasteiger partial charge in [0.2, 0.25) is 0 Å². The van der Waals surface area contributed by atoms with E-state index in [4.69, 9.17) is 21.1 Å². The smallest absolute Gasteiger partial charge is 0.254 e. The van der Waals surface area contributed by atoms with E-state index < -0.39 is 0 Å². The van der Waals surface area contributed by atoms with Crippen molar-refractivity contribution in [2.45, 2.75) is 38.8 Å². The third-order valence-electron chi connectivity index (χ3n) is 4.77. The molecule has 4 nitrogen and oxygen atoms in total. The summed E-state index contributed by atoms with van der Waals surface area (Å²) in [5.74, 6) is 1.09. The summed E-state index contributed by atoms with van der Waals surface area (Å²) in [6.07, 6.45) is 2.90. The molecule has 2 aliphatic rings. The second kappa shape index (κ2) is 7.20. The van der Waals surface area contributed by atoms with Crippen LogP contribution >= 0.6 is 11.6 Å². The molecule has 0 aromatic heterocycles. The molecular formula is C21H22ClNO3. The van der Waals surface area contributed by atoms with Crippen LogP contribution in [0, 0.1) is 6.92 Å². The van der Waals surface area contributed by atoms with E-state index in [1.165, 1.54) is 5.56 Å². The topological polar surface area (TPSA) is 38.8 Å². The quantitative estimate of drug-likeness (QED) is 0.787. The molecule has 1 aliphatic heterocycles. The minimum atomic E-state index is -0.00868. The third kappa shape index (κ3) is 3.65. The summed E-state index contributed by atoms with van der Waals surface area (Å²) in [4.78, 5) is 15.1. The van der Waals surface area contributed by atoms with Crippen LogP contribution in [0.5, 0.6) is 11.5 Å². The Bertz CT molecular complexity index is 815. The molecule has 0 bridgehead atoms. The highest BCUT2D eigenvalue weighted by Crippen LogP contribution is 2.39. The van der Waals surface area contributed by atoms with Gasteiger partial charge in [0.15, 0.2) is 11.5 Å². The Morgan fingerprint density at radius 1 is 1.15 bits per heavy atom. The molecule has 0 spiro atoms. The van der Waals surface area contributed by atoms with Crippen LogP contribution in [-0.4, -0.2) is 30.1 Å². The van der Waals surface area contributed by atoms with Gasteiger partial charge < -0.3 is 14.4 Å². The van der Waals surface area contributed by atoms with E-state index in [0.717, 1.165) is 24.8 Å². The second-order valence-electron chi connectivity index (χ2n) is 6.99. The maximum atomic E-state index is 13.2. The number of ether oxygens (including phenoxy) is 2. The SMILES string of the molecule is Cc1ccc(CN(C(=O)c2cc(Cl)c3c(c2)OCCCO3)C2CC2)cc1. The highest BCUT2D eigenvalue weighted by atomic mass is 35.5. The Balaban J connectivity index is 1.61. The van der Waals surface area contributed by atoms with Crippen LogP contribution in [0.25, 0.3) is 0 Å². The number of benzene rings is 2. The molecule has 0 unspecified atom stereocenters. The average Bonchev–Trinajstić information content (AvgIpc) is 3.47. The summed E-state index contributed by atoms with van der Waals surface area (Å²) >= 11 is 6.37. The zero-order valence-electron chi connectivity index (χ0n) is 14.8. The Labute approximate surface area is 158 Å². The summed E-state index contributed by atoms with van der Waals surface area (Å²) in [6.45, 7) is 3.81. The highest BCUT2D eigenvalue weighted by molar-refractivity contribution is 6.32. The largest absolute Gasteiger partial charge is 0.489 e. The summed E-state index contributed by atoms with van der Waals surface area (Å²) < 4.78 is 11.4. The van der Waals surface area contributed by atoms with E-state index in [0.29, 0.717) is 47.9 Å². The molecule has 2 aromatic rings. The number of halogens is 1. The zero-order valence-corrected chi connectivity index (χ0v) is 15.6. The Morgan fingerprint density at radius 3 is 2.62 bits per heavy atom. The van der Waals surface area contributed by atoms with Gasteiger partial charge in [-0.15, -0.1) is 0 Å². The summed E-state index contributed by atoms with van der Waals surface area (Å²) in [6, 6.07) is 12.1. The van der Waals surface area contributed by atoms with Crippen LogP contribution in [0.15, 0.2) is 36.4 Å². The lowest BCUT2D eigenvalue weighted by atomic mass is 10.1. The number of carbonyl (C=O) groups excluding carboxylic acids is 1. The van der Waals surface area contributed by atoms with Gasteiger partial charge in [0.1, 0.15) is 0 Å². The van der Waals surface area contributed by atoms with Crippen LogP contribution in [-0.2, 0) is 6.54 Å². The molecule has 0 saturated heterocycles. The molecule has 26 heavy (non-hydrogen) atoms. The molecule has 1 aliphatic carbocycles. The first-order valence-corrected chi connectivity index (χ1v) is 9.45. The van der Waals surface area contributed by atoms with Crippen molar-refractivity contribution >= 4 is 17.5 Å². The molecule has 5 heteroatoms. The number of nitrogens with zero attached hydrogens (tertiary/aromatic N) is 1. The van der Waals surface area contributed by atoms with Gasteiger partial charge in [0.25, 0.3) is 5.91 Å². The van der Waals surface area contributed by atoms with Crippen molar-refractivity contribution in [1.82, 2.24) is 4.90 Å². The summed E-state index contributed by atoms with van der Waals surface area (Å²) in [5.41, 5.74) is 2.90. The summed E-state index contributed by atoms with van der Waals surface area (Å²) in [7, 11) is 0. The van der Waals surface area contributed by atoms with E-state index in [2.05, 4.69) is 31.2 Å². The van der Waals surface area contributed by atoms with Crippen molar-refractivity contribution in [1.29, 1.82) is 0 Å². The lowest BCUT2D eigenvalue weighted by Gasteiger charge is -2.23. The first-order valence-electron chi connectivity index (χ1n) is 9.07. The molecule has 136 valence electrons. The molecule has 0 N–H and O–H groups in total. The molecule has 2 aromatic carbocycles. The first kappa shape index (κ1) is 17.2. The maximum Gasteiger partial charge on any atom is 0.254 e. The third-order valence-corrected chi connectivity index (χ3v) is 5.05. The van der Waals surface area contributed by atoms with E-state index in [9.17, 15) is 4.79 Å². The Kier molecular flexibility index (Phi) is 4.77. The Morgan fingerprint density at radius 2 is 1.88 bits per heavy atom. The number of carbonyl (C=O) groups is 1. The molecule has 0 atom stereocenters. The normalized spacial score (nSPS) is 16.1. The number of rotatable bonds is 4.